The van der Waals surface area contributed by atoms with Crippen LogP contribution in [-0.2, 0) is 0 Å². The van der Waals surface area contributed by atoms with Crippen LogP contribution in [0.5, 0.6) is 0 Å². The van der Waals surface area contributed by atoms with E-state index in [0.717, 1.165) is 5.69 Å². The van der Waals surface area contributed by atoms with Gasteiger partial charge in [-0.2, -0.15) is 0 Å². The lowest BCUT2D eigenvalue weighted by Crippen LogP contribution is -1.90. The maximum absolute atomic E-state index is 6.01. The second-order valence-electron chi connectivity index (χ2n) is 2.69. The van der Waals surface area contributed by atoms with Crippen molar-refractivity contribution in [2.45, 2.75) is 0 Å². The molecule has 0 bridgehead atoms. The molecule has 0 aliphatic rings. The van der Waals surface area contributed by atoms with E-state index in [-0.39, 0.29) is 0 Å². The molecule has 0 radical (unpaired) electrons. The summed E-state index contributed by atoms with van der Waals surface area (Å²) >= 11 is 11.9. The SMILES string of the molecule is Clc1ccc(Cl)c(-n2cccc2)c1. The molecule has 0 N–H and O–H groups in total. The van der Waals surface area contributed by atoms with Gasteiger partial charge in [0.2, 0.25) is 0 Å². The molecule has 0 atom stereocenters. The zero-order valence-corrected chi connectivity index (χ0v) is 8.26. The number of hydrogen-bond donors (Lipinski definition) is 0. The highest BCUT2D eigenvalue weighted by Gasteiger charge is 2.01. The van der Waals surface area contributed by atoms with Crippen LogP contribution in [0.1, 0.15) is 0 Å². The van der Waals surface area contributed by atoms with Crippen LogP contribution in [0, 0.1) is 0 Å². The second-order valence-corrected chi connectivity index (χ2v) is 3.53. The molecule has 1 heterocycles. The highest BCUT2D eigenvalue weighted by molar-refractivity contribution is 6.34. The van der Waals surface area contributed by atoms with E-state index in [1.807, 2.05) is 35.2 Å². The summed E-state index contributed by atoms with van der Waals surface area (Å²) in [7, 11) is 0. The van der Waals surface area contributed by atoms with E-state index in [4.69, 9.17) is 23.2 Å². The van der Waals surface area contributed by atoms with Crippen molar-refractivity contribution in [2.24, 2.45) is 0 Å². The molecular weight excluding hydrogens is 205 g/mol. The molecule has 66 valence electrons. The lowest BCUT2D eigenvalue weighted by atomic mass is 10.3. The molecule has 0 aliphatic carbocycles. The zero-order valence-electron chi connectivity index (χ0n) is 6.74. The van der Waals surface area contributed by atoms with Gasteiger partial charge in [-0.15, -0.1) is 0 Å². The first kappa shape index (κ1) is 8.67. The Balaban J connectivity index is 2.57. The predicted molar refractivity (Wildman–Crippen MR) is 55.8 cm³/mol. The minimum absolute atomic E-state index is 0.688. The molecule has 3 heteroatoms. The Bertz CT molecular complexity index is 407. The number of nitrogens with zero attached hydrogens (tertiary/aromatic N) is 1. The van der Waals surface area contributed by atoms with Crippen molar-refractivity contribution in [3.05, 3.63) is 52.8 Å². The van der Waals surface area contributed by atoms with Gasteiger partial charge in [0.15, 0.2) is 0 Å². The minimum atomic E-state index is 0.688. The smallest absolute Gasteiger partial charge is 0.0651 e. The molecule has 0 unspecified atom stereocenters. The minimum Gasteiger partial charge on any atom is -0.322 e. The average molecular weight is 212 g/mol. The third-order valence-corrected chi connectivity index (χ3v) is 2.35. The first-order valence-corrected chi connectivity index (χ1v) is 4.61. The van der Waals surface area contributed by atoms with Crippen LogP contribution in [-0.4, -0.2) is 4.57 Å². The highest BCUT2D eigenvalue weighted by Crippen LogP contribution is 2.23. The van der Waals surface area contributed by atoms with Crippen molar-refractivity contribution in [1.29, 1.82) is 0 Å². The maximum atomic E-state index is 6.01. The van der Waals surface area contributed by atoms with Gasteiger partial charge in [0.05, 0.1) is 10.7 Å². The van der Waals surface area contributed by atoms with E-state index in [1.165, 1.54) is 0 Å². The molecule has 0 saturated carbocycles. The summed E-state index contributed by atoms with van der Waals surface area (Å²) in [6.07, 6.45) is 3.86. The van der Waals surface area contributed by atoms with Crippen LogP contribution >= 0.6 is 23.2 Å². The van der Waals surface area contributed by atoms with Crippen LogP contribution in [0.15, 0.2) is 42.7 Å². The molecule has 2 rings (SSSR count). The summed E-state index contributed by atoms with van der Waals surface area (Å²) in [6.45, 7) is 0. The molecule has 0 aliphatic heterocycles. The Kier molecular flexibility index (Phi) is 2.30. The van der Waals surface area contributed by atoms with Crippen LogP contribution in [0.25, 0.3) is 5.69 Å². The van der Waals surface area contributed by atoms with Gasteiger partial charge >= 0.3 is 0 Å². The normalized spacial score (nSPS) is 10.3. The Hall–Kier alpha value is -0.920. The number of benzene rings is 1. The third kappa shape index (κ3) is 1.71. The quantitative estimate of drug-likeness (QED) is 0.677. The first-order valence-electron chi connectivity index (χ1n) is 3.86. The molecule has 1 nitrogen and oxygen atoms in total. The van der Waals surface area contributed by atoms with Crippen molar-refractivity contribution in [1.82, 2.24) is 4.57 Å². The van der Waals surface area contributed by atoms with Gasteiger partial charge in [-0.1, -0.05) is 23.2 Å². The van der Waals surface area contributed by atoms with Crippen LogP contribution in [0.2, 0.25) is 10.0 Å². The summed E-state index contributed by atoms with van der Waals surface area (Å²) in [5.74, 6) is 0. The van der Waals surface area contributed by atoms with Gasteiger partial charge in [0.1, 0.15) is 0 Å². The average Bonchev–Trinajstić information content (AvgIpc) is 2.61. The number of hydrogen-bond acceptors (Lipinski definition) is 0. The van der Waals surface area contributed by atoms with E-state index in [9.17, 15) is 0 Å². The number of rotatable bonds is 1. The number of halogens is 2. The predicted octanol–water partition coefficient (Wildman–Crippen LogP) is 3.78. The van der Waals surface area contributed by atoms with Crippen LogP contribution in [0.3, 0.4) is 0 Å². The van der Waals surface area contributed by atoms with E-state index < -0.39 is 0 Å². The van der Waals surface area contributed by atoms with Crippen molar-refractivity contribution >= 4 is 23.2 Å². The molecule has 0 amide bonds. The Morgan fingerprint density at radius 2 is 1.69 bits per heavy atom. The van der Waals surface area contributed by atoms with Gasteiger partial charge in [-0.05, 0) is 30.3 Å². The van der Waals surface area contributed by atoms with E-state index in [0.29, 0.717) is 10.0 Å². The molecule has 0 saturated heterocycles. The third-order valence-electron chi connectivity index (χ3n) is 1.79. The standard InChI is InChI=1S/C10H7Cl2N/c11-8-3-4-9(12)10(7-8)13-5-1-2-6-13/h1-7H. The Morgan fingerprint density at radius 1 is 1.00 bits per heavy atom. The molecule has 0 fully saturated rings. The van der Waals surface area contributed by atoms with E-state index in [1.54, 1.807) is 12.1 Å². The van der Waals surface area contributed by atoms with Crippen molar-refractivity contribution in [3.63, 3.8) is 0 Å². The van der Waals surface area contributed by atoms with Gasteiger partial charge in [0.25, 0.3) is 0 Å². The Labute approximate surface area is 86.5 Å². The molecule has 1 aromatic heterocycles. The van der Waals surface area contributed by atoms with Gasteiger partial charge in [-0.25, -0.2) is 0 Å². The zero-order chi connectivity index (χ0) is 9.26. The summed E-state index contributed by atoms with van der Waals surface area (Å²) in [4.78, 5) is 0. The molecule has 13 heavy (non-hydrogen) atoms. The fourth-order valence-corrected chi connectivity index (χ4v) is 1.56. The van der Waals surface area contributed by atoms with Crippen molar-refractivity contribution in [3.8, 4) is 5.69 Å². The maximum Gasteiger partial charge on any atom is 0.0651 e. The van der Waals surface area contributed by atoms with Gasteiger partial charge in [-0.3, -0.25) is 0 Å². The van der Waals surface area contributed by atoms with E-state index in [2.05, 4.69) is 0 Å². The van der Waals surface area contributed by atoms with Crippen molar-refractivity contribution < 1.29 is 0 Å². The van der Waals surface area contributed by atoms with Gasteiger partial charge in [0, 0.05) is 17.4 Å². The monoisotopic (exact) mass is 211 g/mol. The largest absolute Gasteiger partial charge is 0.322 e. The lowest BCUT2D eigenvalue weighted by molar-refractivity contribution is 1.08. The lowest BCUT2D eigenvalue weighted by Gasteiger charge is -2.05. The Morgan fingerprint density at radius 3 is 2.38 bits per heavy atom. The highest BCUT2D eigenvalue weighted by atomic mass is 35.5. The number of aromatic nitrogens is 1. The fourth-order valence-electron chi connectivity index (χ4n) is 1.18. The molecule has 0 spiro atoms. The summed E-state index contributed by atoms with van der Waals surface area (Å²) in [5.41, 5.74) is 0.902. The molecule has 2 aromatic rings. The second kappa shape index (κ2) is 3.44. The topological polar surface area (TPSA) is 4.93 Å². The molecular formula is C10H7Cl2N. The van der Waals surface area contributed by atoms with Crippen LogP contribution < -0.4 is 0 Å². The summed E-state index contributed by atoms with van der Waals surface area (Å²) in [6, 6.07) is 9.29. The summed E-state index contributed by atoms with van der Waals surface area (Å²) < 4.78 is 1.92. The summed E-state index contributed by atoms with van der Waals surface area (Å²) in [5, 5.41) is 1.38. The van der Waals surface area contributed by atoms with Gasteiger partial charge < -0.3 is 4.57 Å². The fraction of sp³-hybridized carbons (Fsp3) is 0. The van der Waals surface area contributed by atoms with Crippen LogP contribution in [0.4, 0.5) is 0 Å². The molecule has 1 aromatic carbocycles. The van der Waals surface area contributed by atoms with Crippen molar-refractivity contribution in [2.75, 3.05) is 0 Å². The van der Waals surface area contributed by atoms with E-state index >= 15 is 0 Å². The first-order chi connectivity index (χ1) is 6.27.